The van der Waals surface area contributed by atoms with E-state index in [1.165, 1.54) is 12.8 Å². The number of benzene rings is 1. The van der Waals surface area contributed by atoms with Crippen LogP contribution in [0.25, 0.3) is 11.3 Å². The number of aromatic hydroxyl groups is 1. The molecule has 2 unspecified atom stereocenters. The Morgan fingerprint density at radius 1 is 0.979 bits per heavy atom. The largest absolute Gasteiger partial charge is 0.507 e. The molecule has 5 heterocycles. The number of amides is 1. The number of ether oxygens (including phenoxy) is 3. The SMILES string of the molecule is CC(C)(C)OC(=O)N1CCC(O[C@H]2C[C@H](N3CCO[C@H](CN4C5CCC4CN(c4cc(-c6ccccc6O)nnc4N)C5)C3)C2)CC1. The molecule has 2 bridgehead atoms. The van der Waals surface area contributed by atoms with E-state index in [1.54, 1.807) is 12.1 Å². The van der Waals surface area contributed by atoms with Crippen molar-refractivity contribution in [3.63, 3.8) is 0 Å². The lowest BCUT2D eigenvalue weighted by molar-refractivity contribution is -0.127. The van der Waals surface area contributed by atoms with Gasteiger partial charge in [0, 0.05) is 69.5 Å². The molecule has 1 amide bonds. The number of carbonyl (C=O) groups is 1. The van der Waals surface area contributed by atoms with Crippen molar-refractivity contribution in [2.75, 3.05) is 63.1 Å². The maximum atomic E-state index is 12.4. The Kier molecular flexibility index (Phi) is 9.21. The number of phenolic OH excluding ortho intramolecular Hbond substituents is 1. The predicted octanol–water partition coefficient (Wildman–Crippen LogP) is 3.73. The number of nitrogen functional groups attached to an aromatic ring is 1. The number of rotatable bonds is 7. The van der Waals surface area contributed by atoms with Gasteiger partial charge in [0.1, 0.15) is 11.4 Å². The van der Waals surface area contributed by atoms with Crippen LogP contribution in [0.2, 0.25) is 0 Å². The van der Waals surface area contributed by atoms with Crippen molar-refractivity contribution in [1.82, 2.24) is 24.9 Å². The Bertz CT molecular complexity index is 1390. The molecule has 4 saturated heterocycles. The van der Waals surface area contributed by atoms with Crippen molar-refractivity contribution < 1.29 is 24.1 Å². The Labute approximate surface area is 278 Å². The minimum absolute atomic E-state index is 0.186. The van der Waals surface area contributed by atoms with E-state index < -0.39 is 5.60 Å². The first-order valence-electron chi connectivity index (χ1n) is 17.5. The van der Waals surface area contributed by atoms with Crippen molar-refractivity contribution in [3.8, 4) is 17.0 Å². The van der Waals surface area contributed by atoms with Gasteiger partial charge in [-0.1, -0.05) is 12.1 Å². The number of carbonyl (C=O) groups excluding carboxylic acids is 1. The van der Waals surface area contributed by atoms with Gasteiger partial charge in [0.15, 0.2) is 5.82 Å². The van der Waals surface area contributed by atoms with Crippen molar-refractivity contribution in [1.29, 1.82) is 0 Å². The number of hydrogen-bond donors (Lipinski definition) is 2. The number of likely N-dealkylation sites (tertiary alicyclic amines) is 1. The summed E-state index contributed by atoms with van der Waals surface area (Å²) in [7, 11) is 0. The lowest BCUT2D eigenvalue weighted by Crippen LogP contribution is -2.60. The zero-order chi connectivity index (χ0) is 32.7. The summed E-state index contributed by atoms with van der Waals surface area (Å²) in [5.41, 5.74) is 8.06. The highest BCUT2D eigenvalue weighted by Gasteiger charge is 2.43. The number of piperidine rings is 1. The number of morpholine rings is 1. The highest BCUT2D eigenvalue weighted by atomic mass is 16.6. The maximum Gasteiger partial charge on any atom is 0.410 e. The molecule has 1 aromatic heterocycles. The van der Waals surface area contributed by atoms with Crippen molar-refractivity contribution in [2.24, 2.45) is 0 Å². The topological polar surface area (TPSA) is 130 Å². The van der Waals surface area contributed by atoms with Crippen molar-refractivity contribution in [3.05, 3.63) is 30.3 Å². The van der Waals surface area contributed by atoms with Crippen LogP contribution in [0, 0.1) is 0 Å². The Morgan fingerprint density at radius 2 is 1.70 bits per heavy atom. The lowest BCUT2D eigenvalue weighted by Gasteiger charge is -2.48. The molecular formula is C35H51N7O5. The van der Waals surface area contributed by atoms with Gasteiger partial charge in [-0.25, -0.2) is 4.79 Å². The number of para-hydroxylation sites is 1. The van der Waals surface area contributed by atoms with Crippen LogP contribution in [0.15, 0.2) is 30.3 Å². The highest BCUT2D eigenvalue weighted by Crippen LogP contribution is 2.38. The van der Waals surface area contributed by atoms with Crippen LogP contribution >= 0.6 is 0 Å². The molecule has 1 aromatic carbocycles. The standard InChI is InChI=1S/C35H51N7O5/c1-35(2,3)47-34(44)39-12-10-26(11-13-39)46-27-16-25(17-27)40-14-15-45-28(21-40)22-42-23-8-9-24(42)20-41(19-23)31-18-30(37-38-33(31)36)29-6-4-5-7-32(29)43/h4-7,18,23-28,43H,8-17,19-22H2,1-3H3,(H2,36,38)/t23?,24?,25-,27-,28-/m0/s1. The third-order valence-corrected chi connectivity index (χ3v) is 10.6. The fourth-order valence-electron chi connectivity index (χ4n) is 8.09. The van der Waals surface area contributed by atoms with E-state index in [0.29, 0.717) is 54.4 Å². The summed E-state index contributed by atoms with van der Waals surface area (Å²) in [5.74, 6) is 0.614. The molecule has 3 N–H and O–H groups in total. The second-order valence-electron chi connectivity index (χ2n) is 15.0. The van der Waals surface area contributed by atoms with Gasteiger partial charge in [0.25, 0.3) is 0 Å². The van der Waals surface area contributed by atoms with Crippen LogP contribution in [0.1, 0.15) is 59.3 Å². The van der Waals surface area contributed by atoms with Gasteiger partial charge in [-0.05, 0) is 77.5 Å². The van der Waals surface area contributed by atoms with Gasteiger partial charge >= 0.3 is 6.09 Å². The minimum atomic E-state index is -0.466. The van der Waals surface area contributed by atoms with Gasteiger partial charge < -0.3 is 34.9 Å². The summed E-state index contributed by atoms with van der Waals surface area (Å²) in [6, 6.07) is 10.6. The second kappa shape index (κ2) is 13.4. The first-order valence-corrected chi connectivity index (χ1v) is 17.5. The number of aromatic nitrogens is 2. The first-order chi connectivity index (χ1) is 22.6. The number of fused-ring (bicyclic) bond motifs is 2. The fourth-order valence-corrected chi connectivity index (χ4v) is 8.09. The van der Waals surface area contributed by atoms with E-state index in [9.17, 15) is 9.90 Å². The van der Waals surface area contributed by atoms with E-state index in [-0.39, 0.29) is 24.1 Å². The van der Waals surface area contributed by atoms with Gasteiger partial charge in [0.2, 0.25) is 0 Å². The zero-order valence-corrected chi connectivity index (χ0v) is 28.1. The molecule has 7 rings (SSSR count). The molecule has 12 nitrogen and oxygen atoms in total. The Balaban J connectivity index is 0.874. The maximum absolute atomic E-state index is 12.4. The summed E-state index contributed by atoms with van der Waals surface area (Å²) in [4.78, 5) is 21.9. The molecule has 3 atom stereocenters. The summed E-state index contributed by atoms with van der Waals surface area (Å²) >= 11 is 0. The highest BCUT2D eigenvalue weighted by molar-refractivity contribution is 5.74. The molecule has 12 heteroatoms. The average molecular weight is 650 g/mol. The average Bonchev–Trinajstić information content (AvgIpc) is 3.24. The molecule has 1 saturated carbocycles. The van der Waals surface area contributed by atoms with Gasteiger partial charge in [0.05, 0.1) is 36.3 Å². The van der Waals surface area contributed by atoms with E-state index in [1.807, 2.05) is 43.9 Å². The molecule has 0 spiro atoms. The number of phenols is 1. The van der Waals surface area contributed by atoms with E-state index in [2.05, 4.69) is 24.9 Å². The smallest absolute Gasteiger partial charge is 0.410 e. The molecule has 5 fully saturated rings. The summed E-state index contributed by atoms with van der Waals surface area (Å²) in [5, 5.41) is 18.9. The Hall–Kier alpha value is -3.19. The van der Waals surface area contributed by atoms with E-state index in [4.69, 9.17) is 19.9 Å². The summed E-state index contributed by atoms with van der Waals surface area (Å²) < 4.78 is 18.3. The summed E-state index contributed by atoms with van der Waals surface area (Å²) in [6.45, 7) is 12.6. The molecular weight excluding hydrogens is 598 g/mol. The quantitative estimate of drug-likeness (QED) is 0.455. The number of anilines is 2. The monoisotopic (exact) mass is 649 g/mol. The molecule has 4 aliphatic heterocycles. The normalized spacial score (nSPS) is 29.1. The second-order valence-corrected chi connectivity index (χ2v) is 15.0. The molecule has 1 aliphatic carbocycles. The van der Waals surface area contributed by atoms with Crippen molar-refractivity contribution >= 4 is 17.6 Å². The third kappa shape index (κ3) is 7.30. The number of nitrogens with two attached hydrogens (primary N) is 1. The molecule has 0 radical (unpaired) electrons. The lowest BCUT2D eigenvalue weighted by atomic mass is 9.87. The van der Waals surface area contributed by atoms with Crippen molar-refractivity contribution in [2.45, 2.75) is 101 Å². The fraction of sp³-hybridized carbons (Fsp3) is 0.686. The van der Waals surface area contributed by atoms with Gasteiger partial charge in [-0.3, -0.25) is 9.80 Å². The number of hydrogen-bond acceptors (Lipinski definition) is 11. The molecule has 2 aromatic rings. The van der Waals surface area contributed by atoms with Gasteiger partial charge in [-0.15, -0.1) is 10.2 Å². The van der Waals surface area contributed by atoms with E-state index in [0.717, 1.165) is 70.7 Å². The van der Waals surface area contributed by atoms with Crippen LogP contribution in [0.4, 0.5) is 16.3 Å². The van der Waals surface area contributed by atoms with Crippen LogP contribution < -0.4 is 10.6 Å². The minimum Gasteiger partial charge on any atom is -0.507 e. The first kappa shape index (κ1) is 32.4. The Morgan fingerprint density at radius 3 is 2.40 bits per heavy atom. The van der Waals surface area contributed by atoms with Crippen LogP contribution in [0.5, 0.6) is 5.75 Å². The molecule has 5 aliphatic rings. The van der Waals surface area contributed by atoms with Crippen LogP contribution in [-0.4, -0.2) is 131 Å². The zero-order valence-electron chi connectivity index (χ0n) is 28.1. The summed E-state index contributed by atoms with van der Waals surface area (Å²) in [6.07, 6.45) is 6.75. The molecule has 256 valence electrons. The van der Waals surface area contributed by atoms with E-state index >= 15 is 0 Å². The number of piperazine rings is 1. The number of nitrogens with zero attached hydrogens (tertiary/aromatic N) is 6. The third-order valence-electron chi connectivity index (χ3n) is 10.6. The van der Waals surface area contributed by atoms with Crippen LogP contribution in [-0.2, 0) is 14.2 Å². The predicted molar refractivity (Wildman–Crippen MR) is 179 cm³/mol. The molecule has 47 heavy (non-hydrogen) atoms. The van der Waals surface area contributed by atoms with Gasteiger partial charge in [-0.2, -0.15) is 0 Å². The van der Waals surface area contributed by atoms with Crippen LogP contribution in [0.3, 0.4) is 0 Å².